The molecule has 0 aromatic rings. The van der Waals surface area contributed by atoms with Gasteiger partial charge in [-0.15, -0.1) is 0 Å². The molecule has 0 bridgehead atoms. The van der Waals surface area contributed by atoms with Gasteiger partial charge in [0.1, 0.15) is 0 Å². The summed E-state index contributed by atoms with van der Waals surface area (Å²) in [6.07, 6.45) is 42.6. The fourth-order valence-electron chi connectivity index (χ4n) is 5.77. The summed E-state index contributed by atoms with van der Waals surface area (Å²) >= 11 is 0. The van der Waals surface area contributed by atoms with Crippen LogP contribution in [0, 0.1) is 11.8 Å². The van der Waals surface area contributed by atoms with E-state index in [1.54, 1.807) is 0 Å². The van der Waals surface area contributed by atoms with Crippen molar-refractivity contribution in [2.24, 2.45) is 11.8 Å². The predicted molar refractivity (Wildman–Crippen MR) is 164 cm³/mol. The highest BCUT2D eigenvalue weighted by molar-refractivity contribution is 4.59. The maximum Gasteiger partial charge on any atom is -0.0443 e. The molecule has 35 heavy (non-hydrogen) atoms. The van der Waals surface area contributed by atoms with Gasteiger partial charge < -0.3 is 0 Å². The monoisotopic (exact) mass is 493 g/mol. The highest BCUT2D eigenvalue weighted by atomic mass is 14.1. The third kappa shape index (κ3) is 30.1. The Kier molecular flexibility index (Phi) is 30.2. The van der Waals surface area contributed by atoms with Gasteiger partial charge in [0.05, 0.1) is 0 Å². The summed E-state index contributed by atoms with van der Waals surface area (Å²) in [6, 6.07) is 0. The van der Waals surface area contributed by atoms with Crippen molar-refractivity contribution in [3.63, 3.8) is 0 Å². The van der Waals surface area contributed by atoms with Gasteiger partial charge in [-0.25, -0.2) is 0 Å². The van der Waals surface area contributed by atoms with E-state index in [2.05, 4.69) is 27.7 Å². The Balaban J connectivity index is 3.22. The molecule has 212 valence electrons. The lowest BCUT2D eigenvalue weighted by Crippen LogP contribution is -1.99. The molecule has 0 heterocycles. The molecule has 0 aliphatic carbocycles. The summed E-state index contributed by atoms with van der Waals surface area (Å²) in [6.45, 7) is 9.62. The van der Waals surface area contributed by atoms with Gasteiger partial charge in [0, 0.05) is 0 Å². The van der Waals surface area contributed by atoms with Gasteiger partial charge in [-0.2, -0.15) is 0 Å². The Morgan fingerprint density at radius 3 is 0.714 bits per heavy atom. The summed E-state index contributed by atoms with van der Waals surface area (Å²) in [7, 11) is 0. The fourth-order valence-corrected chi connectivity index (χ4v) is 5.77. The molecular weight excluding hydrogens is 420 g/mol. The summed E-state index contributed by atoms with van der Waals surface area (Å²) in [5, 5.41) is 0. The number of rotatable bonds is 30. The van der Waals surface area contributed by atoms with E-state index in [0.717, 1.165) is 11.8 Å². The van der Waals surface area contributed by atoms with Gasteiger partial charge in [-0.1, -0.05) is 214 Å². The molecule has 0 fully saturated rings. The minimum atomic E-state index is 0.956. The zero-order valence-corrected chi connectivity index (χ0v) is 25.7. The van der Waals surface area contributed by atoms with Crippen LogP contribution in [0.3, 0.4) is 0 Å². The van der Waals surface area contributed by atoms with E-state index in [1.807, 2.05) is 0 Å². The molecular formula is C35H72. The zero-order valence-electron chi connectivity index (χ0n) is 25.7. The van der Waals surface area contributed by atoms with Crippen molar-refractivity contribution in [1.29, 1.82) is 0 Å². The molecule has 0 spiro atoms. The second-order valence-electron chi connectivity index (χ2n) is 12.5. The average Bonchev–Trinajstić information content (AvgIpc) is 2.85. The van der Waals surface area contributed by atoms with Crippen LogP contribution in [0.15, 0.2) is 0 Å². The maximum absolute atomic E-state index is 2.51. The van der Waals surface area contributed by atoms with Crippen molar-refractivity contribution in [2.45, 2.75) is 214 Å². The van der Waals surface area contributed by atoms with Crippen LogP contribution in [-0.4, -0.2) is 0 Å². The van der Waals surface area contributed by atoms with Crippen molar-refractivity contribution in [1.82, 2.24) is 0 Å². The molecule has 0 rings (SSSR count). The first-order chi connectivity index (χ1) is 17.2. The SMILES string of the molecule is CCCCCCCCCCCCCCCCCCCCC(C)CCCC(C)CCCCCCCC. The number of hydrogen-bond donors (Lipinski definition) is 0. The maximum atomic E-state index is 2.51. The lowest BCUT2D eigenvalue weighted by Gasteiger charge is -2.14. The third-order valence-corrected chi connectivity index (χ3v) is 8.49. The highest BCUT2D eigenvalue weighted by Crippen LogP contribution is 2.22. The molecule has 0 saturated carbocycles. The van der Waals surface area contributed by atoms with Gasteiger partial charge in [-0.3, -0.25) is 0 Å². The van der Waals surface area contributed by atoms with Crippen LogP contribution in [0.4, 0.5) is 0 Å². The quantitative estimate of drug-likeness (QED) is 0.0874. The molecule has 0 saturated heterocycles. The van der Waals surface area contributed by atoms with Crippen LogP contribution in [0.5, 0.6) is 0 Å². The molecule has 0 heteroatoms. The van der Waals surface area contributed by atoms with Crippen LogP contribution < -0.4 is 0 Å². The van der Waals surface area contributed by atoms with Crippen molar-refractivity contribution in [3.05, 3.63) is 0 Å². The van der Waals surface area contributed by atoms with Gasteiger partial charge in [-0.05, 0) is 11.8 Å². The molecule has 2 unspecified atom stereocenters. The molecule has 0 nitrogen and oxygen atoms in total. The summed E-state index contributed by atoms with van der Waals surface area (Å²) in [5.74, 6) is 1.91. The molecule has 0 radical (unpaired) electrons. The molecule has 0 aromatic carbocycles. The van der Waals surface area contributed by atoms with Crippen LogP contribution in [0.25, 0.3) is 0 Å². The Morgan fingerprint density at radius 2 is 0.457 bits per heavy atom. The minimum absolute atomic E-state index is 0.956. The second kappa shape index (κ2) is 30.2. The minimum Gasteiger partial charge on any atom is -0.0654 e. The summed E-state index contributed by atoms with van der Waals surface area (Å²) in [5.41, 5.74) is 0. The predicted octanol–water partition coefficient (Wildman–Crippen LogP) is 13.6. The van der Waals surface area contributed by atoms with E-state index in [1.165, 1.54) is 186 Å². The van der Waals surface area contributed by atoms with Crippen molar-refractivity contribution < 1.29 is 0 Å². The van der Waals surface area contributed by atoms with Crippen molar-refractivity contribution >= 4 is 0 Å². The van der Waals surface area contributed by atoms with Crippen LogP contribution in [0.2, 0.25) is 0 Å². The second-order valence-corrected chi connectivity index (χ2v) is 12.5. The topological polar surface area (TPSA) is 0 Å². The van der Waals surface area contributed by atoms with Crippen LogP contribution >= 0.6 is 0 Å². The van der Waals surface area contributed by atoms with E-state index < -0.39 is 0 Å². The summed E-state index contributed by atoms with van der Waals surface area (Å²) < 4.78 is 0. The first kappa shape index (κ1) is 35.0. The largest absolute Gasteiger partial charge is 0.0654 e. The molecule has 2 atom stereocenters. The first-order valence-electron chi connectivity index (χ1n) is 17.2. The van der Waals surface area contributed by atoms with E-state index >= 15 is 0 Å². The van der Waals surface area contributed by atoms with Gasteiger partial charge >= 0.3 is 0 Å². The third-order valence-electron chi connectivity index (χ3n) is 8.49. The highest BCUT2D eigenvalue weighted by Gasteiger charge is 2.06. The van der Waals surface area contributed by atoms with Gasteiger partial charge in [0.15, 0.2) is 0 Å². The van der Waals surface area contributed by atoms with E-state index in [0.29, 0.717) is 0 Å². The van der Waals surface area contributed by atoms with Crippen LogP contribution in [-0.2, 0) is 0 Å². The molecule has 0 aliphatic heterocycles. The van der Waals surface area contributed by atoms with Crippen molar-refractivity contribution in [2.75, 3.05) is 0 Å². The van der Waals surface area contributed by atoms with E-state index in [-0.39, 0.29) is 0 Å². The Morgan fingerprint density at radius 1 is 0.257 bits per heavy atom. The lowest BCUT2D eigenvalue weighted by atomic mass is 9.92. The normalized spacial score (nSPS) is 13.4. The molecule has 0 aromatic heterocycles. The average molecular weight is 493 g/mol. The number of unbranched alkanes of at least 4 members (excludes halogenated alkanes) is 22. The van der Waals surface area contributed by atoms with Crippen molar-refractivity contribution in [3.8, 4) is 0 Å². The molecule has 0 aliphatic rings. The standard InChI is InChI=1S/C35H72/c1-5-7-9-11-13-14-15-16-17-18-19-20-21-22-23-24-26-28-31-35(4)33-29-32-34(3)30-27-25-12-10-8-6-2/h34-35H,5-33H2,1-4H3. The Hall–Kier alpha value is 0. The first-order valence-corrected chi connectivity index (χ1v) is 17.2. The number of hydrogen-bond acceptors (Lipinski definition) is 0. The molecule has 0 amide bonds. The van der Waals surface area contributed by atoms with Crippen LogP contribution in [0.1, 0.15) is 214 Å². The molecule has 0 N–H and O–H groups in total. The summed E-state index contributed by atoms with van der Waals surface area (Å²) in [4.78, 5) is 0. The van der Waals surface area contributed by atoms with E-state index in [9.17, 15) is 0 Å². The van der Waals surface area contributed by atoms with Gasteiger partial charge in [0.2, 0.25) is 0 Å². The smallest absolute Gasteiger partial charge is 0.0443 e. The Labute approximate surface area is 225 Å². The fraction of sp³-hybridized carbons (Fsp3) is 1.00. The van der Waals surface area contributed by atoms with E-state index in [4.69, 9.17) is 0 Å². The zero-order chi connectivity index (χ0) is 25.7. The van der Waals surface area contributed by atoms with Gasteiger partial charge in [0.25, 0.3) is 0 Å². The Bertz CT molecular complexity index is 359. The lowest BCUT2D eigenvalue weighted by molar-refractivity contribution is 0.390.